The quantitative estimate of drug-likeness (QED) is 0.402. The lowest BCUT2D eigenvalue weighted by atomic mass is 9.99. The van der Waals surface area contributed by atoms with Gasteiger partial charge in [0, 0.05) is 7.11 Å². The highest BCUT2D eigenvalue weighted by molar-refractivity contribution is 7.80. The van der Waals surface area contributed by atoms with Crippen LogP contribution in [0.15, 0.2) is 0 Å². The highest BCUT2D eigenvalue weighted by Crippen LogP contribution is 2.25. The predicted molar refractivity (Wildman–Crippen MR) is 51.7 cm³/mol. The smallest absolute Gasteiger partial charge is 0.397 e. The third-order valence-electron chi connectivity index (χ3n) is 2.25. The molecule has 1 saturated heterocycles. The van der Waals surface area contributed by atoms with Gasteiger partial charge in [0.2, 0.25) is 0 Å². The Bertz CT molecular complexity index is 402. The van der Waals surface area contributed by atoms with Gasteiger partial charge in [-0.3, -0.25) is 4.55 Å². The molecule has 0 aliphatic carbocycles. The van der Waals surface area contributed by atoms with Crippen molar-refractivity contribution in [3.05, 3.63) is 0 Å². The topological polar surface area (TPSA) is 160 Å². The van der Waals surface area contributed by atoms with Crippen molar-refractivity contribution in [3.8, 4) is 0 Å². The SMILES string of the molecule is CO[C@H]1O[C@H](C(=O)O)[C@@H](O)[C@H](O)[C@H]1OS(=O)(=O)O. The van der Waals surface area contributed by atoms with Crippen molar-refractivity contribution >= 4 is 16.4 Å². The highest BCUT2D eigenvalue weighted by Gasteiger charge is 2.50. The van der Waals surface area contributed by atoms with Gasteiger partial charge in [-0.15, -0.1) is 0 Å². The first kappa shape index (κ1) is 15.2. The number of carbonyl (C=O) groups is 1. The van der Waals surface area contributed by atoms with E-state index in [1.165, 1.54) is 0 Å². The lowest BCUT2D eigenvalue weighted by Gasteiger charge is -2.39. The van der Waals surface area contributed by atoms with E-state index in [1.54, 1.807) is 0 Å². The second-order valence-corrected chi connectivity index (χ2v) is 4.52. The van der Waals surface area contributed by atoms with E-state index in [4.69, 9.17) is 14.4 Å². The van der Waals surface area contributed by atoms with Gasteiger partial charge in [0.15, 0.2) is 18.5 Å². The number of rotatable bonds is 4. The van der Waals surface area contributed by atoms with Crippen LogP contribution in [0.1, 0.15) is 0 Å². The molecule has 1 aliphatic rings. The number of hydrogen-bond acceptors (Lipinski definition) is 8. The zero-order valence-corrected chi connectivity index (χ0v) is 9.85. The van der Waals surface area contributed by atoms with E-state index in [9.17, 15) is 23.4 Å². The van der Waals surface area contributed by atoms with Gasteiger partial charge in [-0.05, 0) is 0 Å². The molecule has 0 aromatic carbocycles. The number of methoxy groups -OCH3 is 1. The number of carboxylic acid groups (broad SMARTS) is 1. The molecule has 11 heteroatoms. The number of aliphatic hydroxyl groups is 2. The van der Waals surface area contributed by atoms with Crippen LogP contribution >= 0.6 is 0 Å². The Balaban J connectivity index is 2.95. The molecule has 0 unspecified atom stereocenters. The predicted octanol–water partition coefficient (Wildman–Crippen LogP) is -2.65. The van der Waals surface area contributed by atoms with Gasteiger partial charge >= 0.3 is 16.4 Å². The fourth-order valence-electron chi connectivity index (χ4n) is 1.47. The minimum atomic E-state index is -4.94. The van der Waals surface area contributed by atoms with Crippen LogP contribution in [-0.4, -0.2) is 72.1 Å². The average Bonchev–Trinajstić information content (AvgIpc) is 2.23. The van der Waals surface area contributed by atoms with Crippen molar-refractivity contribution in [2.75, 3.05) is 7.11 Å². The molecule has 0 bridgehead atoms. The van der Waals surface area contributed by atoms with Gasteiger partial charge in [0.05, 0.1) is 0 Å². The van der Waals surface area contributed by atoms with Crippen LogP contribution in [0.5, 0.6) is 0 Å². The Morgan fingerprint density at radius 1 is 1.28 bits per heavy atom. The molecular weight excluding hydrogens is 276 g/mol. The van der Waals surface area contributed by atoms with Crippen LogP contribution in [0.25, 0.3) is 0 Å². The Hall–Kier alpha value is -0.820. The average molecular weight is 288 g/mol. The molecule has 106 valence electrons. The van der Waals surface area contributed by atoms with E-state index >= 15 is 0 Å². The minimum Gasteiger partial charge on any atom is -0.479 e. The van der Waals surface area contributed by atoms with Gasteiger partial charge in [-0.1, -0.05) is 0 Å². The molecule has 4 N–H and O–H groups in total. The summed E-state index contributed by atoms with van der Waals surface area (Å²) >= 11 is 0. The largest absolute Gasteiger partial charge is 0.479 e. The van der Waals surface area contributed by atoms with E-state index < -0.39 is 47.1 Å². The van der Waals surface area contributed by atoms with Gasteiger partial charge in [-0.25, -0.2) is 8.98 Å². The van der Waals surface area contributed by atoms with Crippen molar-refractivity contribution in [1.29, 1.82) is 0 Å². The Kier molecular flexibility index (Phi) is 4.61. The molecule has 0 amide bonds. The summed E-state index contributed by atoms with van der Waals surface area (Å²) in [5.41, 5.74) is 0. The molecule has 1 rings (SSSR count). The molecule has 0 aromatic rings. The summed E-state index contributed by atoms with van der Waals surface area (Å²) in [6.07, 6.45) is -9.08. The van der Waals surface area contributed by atoms with Crippen LogP contribution in [0.3, 0.4) is 0 Å². The summed E-state index contributed by atoms with van der Waals surface area (Å²) in [7, 11) is -3.90. The van der Waals surface area contributed by atoms with E-state index in [0.29, 0.717) is 0 Å². The molecule has 0 aromatic heterocycles. The summed E-state index contributed by atoms with van der Waals surface area (Å²) in [5, 5.41) is 27.7. The highest BCUT2D eigenvalue weighted by atomic mass is 32.3. The van der Waals surface area contributed by atoms with Gasteiger partial charge in [-0.2, -0.15) is 8.42 Å². The molecule has 1 aliphatic heterocycles. The number of ether oxygens (including phenoxy) is 2. The molecule has 0 radical (unpaired) electrons. The second-order valence-electron chi connectivity index (χ2n) is 3.47. The maximum atomic E-state index is 10.7. The summed E-state index contributed by atoms with van der Waals surface area (Å²) in [6.45, 7) is 0. The normalized spacial score (nSPS) is 37.4. The maximum absolute atomic E-state index is 10.7. The van der Waals surface area contributed by atoms with Crippen molar-refractivity contribution in [2.45, 2.75) is 30.7 Å². The van der Waals surface area contributed by atoms with E-state index in [2.05, 4.69) is 8.92 Å². The molecule has 1 fully saturated rings. The zero-order chi connectivity index (χ0) is 14.1. The van der Waals surface area contributed by atoms with Crippen LogP contribution in [0.2, 0.25) is 0 Å². The third kappa shape index (κ3) is 3.35. The summed E-state index contributed by atoms with van der Waals surface area (Å²) in [5.74, 6) is -1.58. The summed E-state index contributed by atoms with van der Waals surface area (Å²) in [6, 6.07) is 0. The fourth-order valence-corrected chi connectivity index (χ4v) is 1.96. The monoisotopic (exact) mass is 288 g/mol. The van der Waals surface area contributed by atoms with Gasteiger partial charge < -0.3 is 24.8 Å². The van der Waals surface area contributed by atoms with E-state index in [1.807, 2.05) is 0 Å². The van der Waals surface area contributed by atoms with Crippen molar-refractivity contribution in [2.24, 2.45) is 0 Å². The molecule has 5 atom stereocenters. The molecular formula is C7H12O10S. The van der Waals surface area contributed by atoms with Crippen molar-refractivity contribution < 1.29 is 46.7 Å². The zero-order valence-electron chi connectivity index (χ0n) is 9.03. The lowest BCUT2D eigenvalue weighted by Crippen LogP contribution is -2.61. The molecule has 18 heavy (non-hydrogen) atoms. The van der Waals surface area contributed by atoms with E-state index in [-0.39, 0.29) is 0 Å². The Morgan fingerprint density at radius 3 is 2.22 bits per heavy atom. The van der Waals surface area contributed by atoms with Gasteiger partial charge in [0.25, 0.3) is 0 Å². The second kappa shape index (κ2) is 5.44. The fraction of sp³-hybridized carbons (Fsp3) is 0.857. The van der Waals surface area contributed by atoms with Gasteiger partial charge in [0.1, 0.15) is 12.2 Å². The van der Waals surface area contributed by atoms with Crippen molar-refractivity contribution in [1.82, 2.24) is 0 Å². The molecule has 0 saturated carbocycles. The Labute approximate surface area is 102 Å². The lowest BCUT2D eigenvalue weighted by molar-refractivity contribution is -0.281. The minimum absolute atomic E-state index is 1.04. The molecule has 0 spiro atoms. The Morgan fingerprint density at radius 2 is 1.83 bits per heavy atom. The standard InChI is InChI=1S/C7H12O10S/c1-15-7-5(17-18(12,13)14)3(9)2(8)4(16-7)6(10)11/h2-5,7-9H,1H3,(H,10,11)(H,12,13,14)/t2-,3-,4-,5+,7-/m0/s1. The first-order chi connectivity index (χ1) is 8.17. The maximum Gasteiger partial charge on any atom is 0.397 e. The molecule has 10 nitrogen and oxygen atoms in total. The first-order valence-electron chi connectivity index (χ1n) is 4.60. The van der Waals surface area contributed by atoms with Crippen LogP contribution < -0.4 is 0 Å². The number of carboxylic acids is 1. The van der Waals surface area contributed by atoms with E-state index in [0.717, 1.165) is 7.11 Å². The number of aliphatic hydroxyl groups excluding tert-OH is 2. The third-order valence-corrected chi connectivity index (χ3v) is 2.72. The first-order valence-corrected chi connectivity index (χ1v) is 5.96. The number of aliphatic carboxylic acids is 1. The van der Waals surface area contributed by atoms with Crippen LogP contribution in [0.4, 0.5) is 0 Å². The van der Waals surface area contributed by atoms with Crippen LogP contribution in [0, 0.1) is 0 Å². The number of hydrogen-bond donors (Lipinski definition) is 4. The van der Waals surface area contributed by atoms with Crippen LogP contribution in [-0.2, 0) is 28.9 Å². The van der Waals surface area contributed by atoms with Crippen molar-refractivity contribution in [3.63, 3.8) is 0 Å². The molecule has 1 heterocycles. The summed E-state index contributed by atoms with van der Waals surface area (Å²) < 4.78 is 42.9. The summed E-state index contributed by atoms with van der Waals surface area (Å²) in [4.78, 5) is 10.7.